The standard InChI is InChI=1S/C17H26N2.C2H6/c1-19(11-9-16-8-4-5-10-18-16)17-12-14-6-2-3-7-15(14)13-17;1-2/h2-3,6-7,16-18H,4-5,8-13H2,1H3;1-2H3. The Morgan fingerprint density at radius 2 is 1.76 bits per heavy atom. The minimum Gasteiger partial charge on any atom is -0.314 e. The second-order valence-electron chi connectivity index (χ2n) is 6.25. The molecule has 1 aromatic carbocycles. The van der Waals surface area contributed by atoms with Gasteiger partial charge in [-0.2, -0.15) is 0 Å². The van der Waals surface area contributed by atoms with E-state index in [4.69, 9.17) is 0 Å². The second-order valence-corrected chi connectivity index (χ2v) is 6.25. The van der Waals surface area contributed by atoms with Gasteiger partial charge in [-0.05, 0) is 63.4 Å². The minimum absolute atomic E-state index is 0.723. The third-order valence-corrected chi connectivity index (χ3v) is 4.90. The Labute approximate surface area is 130 Å². The van der Waals surface area contributed by atoms with Crippen molar-refractivity contribution in [2.24, 2.45) is 0 Å². The predicted octanol–water partition coefficient (Wildman–Crippen LogP) is 3.64. The summed E-state index contributed by atoms with van der Waals surface area (Å²) in [5.74, 6) is 0. The van der Waals surface area contributed by atoms with Gasteiger partial charge in [-0.1, -0.05) is 44.5 Å². The fraction of sp³-hybridized carbons (Fsp3) is 0.684. The van der Waals surface area contributed by atoms with E-state index in [1.165, 1.54) is 51.6 Å². The first-order chi connectivity index (χ1) is 10.3. The highest BCUT2D eigenvalue weighted by atomic mass is 15.1. The lowest BCUT2D eigenvalue weighted by molar-refractivity contribution is 0.227. The highest BCUT2D eigenvalue weighted by molar-refractivity contribution is 5.33. The molecule has 1 aliphatic heterocycles. The smallest absolute Gasteiger partial charge is 0.0173 e. The average molecular weight is 288 g/mol. The Kier molecular flexibility index (Phi) is 6.72. The fourth-order valence-corrected chi connectivity index (χ4v) is 3.56. The highest BCUT2D eigenvalue weighted by Gasteiger charge is 2.24. The van der Waals surface area contributed by atoms with Crippen LogP contribution in [0.5, 0.6) is 0 Å². The van der Waals surface area contributed by atoms with Crippen LogP contribution in [0.1, 0.15) is 50.7 Å². The number of likely N-dealkylation sites (N-methyl/N-ethyl adjacent to an activating group) is 1. The zero-order valence-electron chi connectivity index (χ0n) is 14.1. The Bertz CT molecular complexity index is 385. The SMILES string of the molecule is CC.CN(CCC1CCCCN1)C1Cc2ccccc2C1. The summed E-state index contributed by atoms with van der Waals surface area (Å²) < 4.78 is 0. The van der Waals surface area contributed by atoms with Crippen molar-refractivity contribution in [3.63, 3.8) is 0 Å². The first-order valence-electron chi connectivity index (χ1n) is 8.83. The van der Waals surface area contributed by atoms with E-state index in [2.05, 4.69) is 41.5 Å². The van der Waals surface area contributed by atoms with E-state index in [0.717, 1.165) is 12.1 Å². The van der Waals surface area contributed by atoms with Crippen LogP contribution in [0, 0.1) is 0 Å². The largest absolute Gasteiger partial charge is 0.314 e. The summed E-state index contributed by atoms with van der Waals surface area (Å²) in [5.41, 5.74) is 3.13. The quantitative estimate of drug-likeness (QED) is 0.910. The lowest BCUT2D eigenvalue weighted by Gasteiger charge is -2.28. The van der Waals surface area contributed by atoms with Gasteiger partial charge >= 0.3 is 0 Å². The minimum atomic E-state index is 0.723. The molecule has 2 aliphatic rings. The number of benzene rings is 1. The van der Waals surface area contributed by atoms with Gasteiger partial charge in [-0.25, -0.2) is 0 Å². The van der Waals surface area contributed by atoms with Crippen molar-refractivity contribution in [3.05, 3.63) is 35.4 Å². The van der Waals surface area contributed by atoms with Crippen LogP contribution in [-0.2, 0) is 12.8 Å². The lowest BCUT2D eigenvalue weighted by atomic mass is 10.0. The predicted molar refractivity (Wildman–Crippen MR) is 91.9 cm³/mol. The van der Waals surface area contributed by atoms with E-state index < -0.39 is 0 Å². The molecule has 0 saturated carbocycles. The molecule has 0 radical (unpaired) electrons. The van der Waals surface area contributed by atoms with Gasteiger partial charge < -0.3 is 10.2 Å². The molecule has 1 atom stereocenters. The van der Waals surface area contributed by atoms with Crippen LogP contribution in [0.2, 0.25) is 0 Å². The molecular formula is C19H32N2. The molecule has 1 aromatic rings. The summed E-state index contributed by atoms with van der Waals surface area (Å²) in [5, 5.41) is 3.66. The number of hydrogen-bond acceptors (Lipinski definition) is 2. The summed E-state index contributed by atoms with van der Waals surface area (Å²) in [6.45, 7) is 6.46. The van der Waals surface area contributed by atoms with Gasteiger partial charge in [-0.3, -0.25) is 0 Å². The fourth-order valence-electron chi connectivity index (χ4n) is 3.56. The topological polar surface area (TPSA) is 15.3 Å². The summed E-state index contributed by atoms with van der Waals surface area (Å²) in [7, 11) is 2.30. The van der Waals surface area contributed by atoms with Crippen LogP contribution in [-0.4, -0.2) is 37.1 Å². The van der Waals surface area contributed by atoms with E-state index in [0.29, 0.717) is 0 Å². The Morgan fingerprint density at radius 3 is 2.33 bits per heavy atom. The maximum Gasteiger partial charge on any atom is 0.0173 e. The molecule has 1 aliphatic carbocycles. The van der Waals surface area contributed by atoms with E-state index in [-0.39, 0.29) is 0 Å². The molecule has 0 bridgehead atoms. The molecule has 1 fully saturated rings. The van der Waals surface area contributed by atoms with Crippen molar-refractivity contribution in [3.8, 4) is 0 Å². The Balaban J connectivity index is 0.000000774. The zero-order chi connectivity index (χ0) is 15.1. The number of rotatable bonds is 4. The average Bonchev–Trinajstić information content (AvgIpc) is 2.99. The second kappa shape index (κ2) is 8.55. The Hall–Kier alpha value is -0.860. The van der Waals surface area contributed by atoms with Crippen molar-refractivity contribution in [1.82, 2.24) is 10.2 Å². The molecule has 1 saturated heterocycles. The monoisotopic (exact) mass is 288 g/mol. The first kappa shape index (κ1) is 16.5. The van der Waals surface area contributed by atoms with Crippen molar-refractivity contribution in [1.29, 1.82) is 0 Å². The van der Waals surface area contributed by atoms with E-state index in [1.54, 1.807) is 11.1 Å². The molecule has 1 N–H and O–H groups in total. The highest BCUT2D eigenvalue weighted by Crippen LogP contribution is 2.25. The molecular weight excluding hydrogens is 256 g/mol. The lowest BCUT2D eigenvalue weighted by Crippen LogP contribution is -2.39. The number of nitrogens with zero attached hydrogens (tertiary/aromatic N) is 1. The van der Waals surface area contributed by atoms with Gasteiger partial charge in [0, 0.05) is 12.1 Å². The molecule has 1 unspecified atom stereocenters. The number of fused-ring (bicyclic) bond motifs is 1. The van der Waals surface area contributed by atoms with Crippen LogP contribution >= 0.6 is 0 Å². The van der Waals surface area contributed by atoms with Crippen LogP contribution in [0.25, 0.3) is 0 Å². The summed E-state index contributed by atoms with van der Waals surface area (Å²) in [6.07, 6.45) is 7.94. The van der Waals surface area contributed by atoms with E-state index in [1.807, 2.05) is 13.8 Å². The Morgan fingerprint density at radius 1 is 1.10 bits per heavy atom. The maximum absolute atomic E-state index is 3.66. The first-order valence-corrected chi connectivity index (χ1v) is 8.83. The third kappa shape index (κ3) is 4.55. The van der Waals surface area contributed by atoms with Gasteiger partial charge in [0.1, 0.15) is 0 Å². The number of nitrogens with one attached hydrogen (secondary N) is 1. The molecule has 1 heterocycles. The zero-order valence-corrected chi connectivity index (χ0v) is 14.1. The van der Waals surface area contributed by atoms with Crippen LogP contribution in [0.15, 0.2) is 24.3 Å². The van der Waals surface area contributed by atoms with Gasteiger partial charge in [0.2, 0.25) is 0 Å². The number of hydrogen-bond donors (Lipinski definition) is 1. The van der Waals surface area contributed by atoms with Gasteiger partial charge in [0.25, 0.3) is 0 Å². The van der Waals surface area contributed by atoms with Crippen LogP contribution in [0.4, 0.5) is 0 Å². The summed E-state index contributed by atoms with van der Waals surface area (Å²) in [6, 6.07) is 10.4. The normalized spacial score (nSPS) is 21.8. The third-order valence-electron chi connectivity index (χ3n) is 4.90. The van der Waals surface area contributed by atoms with Crippen molar-refractivity contribution < 1.29 is 0 Å². The molecule has 0 amide bonds. The molecule has 0 spiro atoms. The summed E-state index contributed by atoms with van der Waals surface area (Å²) >= 11 is 0. The molecule has 0 aromatic heterocycles. The van der Waals surface area contributed by atoms with Crippen molar-refractivity contribution in [2.75, 3.05) is 20.1 Å². The van der Waals surface area contributed by atoms with Crippen molar-refractivity contribution >= 4 is 0 Å². The van der Waals surface area contributed by atoms with E-state index >= 15 is 0 Å². The maximum atomic E-state index is 3.66. The molecule has 118 valence electrons. The molecule has 21 heavy (non-hydrogen) atoms. The number of piperidine rings is 1. The molecule has 3 rings (SSSR count). The van der Waals surface area contributed by atoms with Crippen LogP contribution in [0.3, 0.4) is 0 Å². The van der Waals surface area contributed by atoms with Gasteiger partial charge in [-0.15, -0.1) is 0 Å². The van der Waals surface area contributed by atoms with Gasteiger partial charge in [0.05, 0.1) is 0 Å². The van der Waals surface area contributed by atoms with Crippen molar-refractivity contribution in [2.45, 2.75) is 64.5 Å². The van der Waals surface area contributed by atoms with Gasteiger partial charge in [0.15, 0.2) is 0 Å². The summed E-state index contributed by atoms with van der Waals surface area (Å²) in [4.78, 5) is 2.58. The molecule has 2 nitrogen and oxygen atoms in total. The van der Waals surface area contributed by atoms with Crippen LogP contribution < -0.4 is 5.32 Å². The van der Waals surface area contributed by atoms with E-state index in [9.17, 15) is 0 Å². The molecule has 2 heteroatoms.